The lowest BCUT2D eigenvalue weighted by molar-refractivity contribution is -0.123. The van der Waals surface area contributed by atoms with Gasteiger partial charge in [0, 0.05) is 28.5 Å². The Bertz CT molecular complexity index is 1390. The van der Waals surface area contributed by atoms with E-state index in [4.69, 9.17) is 0 Å². The highest BCUT2D eigenvalue weighted by atomic mass is 32.1. The zero-order valence-electron chi connectivity index (χ0n) is 17.4. The van der Waals surface area contributed by atoms with Crippen molar-refractivity contribution in [3.63, 3.8) is 0 Å². The van der Waals surface area contributed by atoms with Gasteiger partial charge in [0.2, 0.25) is 11.8 Å². The molecule has 0 atom stereocenters. The molecule has 5 rings (SSSR count). The fourth-order valence-electron chi connectivity index (χ4n) is 3.35. The fourth-order valence-corrected chi connectivity index (χ4v) is 4.23. The van der Waals surface area contributed by atoms with Crippen molar-refractivity contribution in [2.45, 2.75) is 6.42 Å². The largest absolute Gasteiger partial charge is 0.347 e. The number of imidazole rings is 1. The molecule has 0 bridgehead atoms. The second-order valence-electron chi connectivity index (χ2n) is 7.26. The van der Waals surface area contributed by atoms with Gasteiger partial charge in [-0.25, -0.2) is 14.6 Å². The smallest absolute Gasteiger partial charge is 0.243 e. The standard InChI is InChI=1S/C23H19N7O2S/c31-21(10-19-13-33-23-28-20(12-29(19)23)16-4-2-1-3-5-16)25-11-22(32)27-17-6-8-18(9-7-17)30-15-24-14-26-30/h1-9,12-15H,10-11H2,(H,25,31)(H,27,32). The van der Waals surface area contributed by atoms with Crippen molar-refractivity contribution >= 4 is 33.8 Å². The molecule has 2 aromatic carbocycles. The van der Waals surface area contributed by atoms with Crippen LogP contribution in [0.15, 0.2) is 78.8 Å². The minimum Gasteiger partial charge on any atom is -0.347 e. The maximum absolute atomic E-state index is 12.4. The summed E-state index contributed by atoms with van der Waals surface area (Å²) in [6, 6.07) is 17.1. The second kappa shape index (κ2) is 9.05. The van der Waals surface area contributed by atoms with Gasteiger partial charge in [-0.1, -0.05) is 30.3 Å². The number of thiazole rings is 1. The van der Waals surface area contributed by atoms with Crippen LogP contribution in [0.4, 0.5) is 5.69 Å². The average molecular weight is 458 g/mol. The van der Waals surface area contributed by atoms with Gasteiger partial charge in [-0.2, -0.15) is 5.10 Å². The zero-order chi connectivity index (χ0) is 22.6. The summed E-state index contributed by atoms with van der Waals surface area (Å²) in [5.41, 5.74) is 4.17. The predicted molar refractivity (Wildman–Crippen MR) is 125 cm³/mol. The van der Waals surface area contributed by atoms with E-state index in [0.717, 1.165) is 27.6 Å². The Kier molecular flexibility index (Phi) is 5.64. The number of amides is 2. The molecule has 3 aromatic heterocycles. The van der Waals surface area contributed by atoms with Gasteiger partial charge in [-0.3, -0.25) is 14.0 Å². The van der Waals surface area contributed by atoms with Gasteiger partial charge in [0.05, 0.1) is 24.3 Å². The lowest BCUT2D eigenvalue weighted by atomic mass is 10.2. The lowest BCUT2D eigenvalue weighted by Crippen LogP contribution is -2.33. The molecule has 0 aliphatic carbocycles. The van der Waals surface area contributed by atoms with Crippen molar-refractivity contribution in [2.75, 3.05) is 11.9 Å². The summed E-state index contributed by atoms with van der Waals surface area (Å²) in [7, 11) is 0. The summed E-state index contributed by atoms with van der Waals surface area (Å²) in [5.74, 6) is -0.539. The molecular formula is C23H19N7O2S. The number of nitrogens with one attached hydrogen (secondary N) is 2. The Hall–Kier alpha value is -4.31. The van der Waals surface area contributed by atoms with E-state index in [1.54, 1.807) is 23.1 Å². The van der Waals surface area contributed by atoms with Crippen LogP contribution in [0, 0.1) is 0 Å². The van der Waals surface area contributed by atoms with Crippen LogP contribution in [-0.4, -0.2) is 42.5 Å². The molecule has 0 aliphatic rings. The first kappa shape index (κ1) is 20.6. The van der Waals surface area contributed by atoms with E-state index in [1.165, 1.54) is 17.7 Å². The van der Waals surface area contributed by atoms with E-state index in [0.29, 0.717) is 5.69 Å². The topological polar surface area (TPSA) is 106 Å². The van der Waals surface area contributed by atoms with Crippen LogP contribution in [-0.2, 0) is 16.0 Å². The average Bonchev–Trinajstić information content (AvgIpc) is 3.58. The molecule has 3 heterocycles. The van der Waals surface area contributed by atoms with E-state index in [9.17, 15) is 9.59 Å². The fraction of sp³-hybridized carbons (Fsp3) is 0.0870. The van der Waals surface area contributed by atoms with Crippen molar-refractivity contribution < 1.29 is 9.59 Å². The highest BCUT2D eigenvalue weighted by Crippen LogP contribution is 2.23. The van der Waals surface area contributed by atoms with Gasteiger partial charge in [-0.05, 0) is 24.3 Å². The monoisotopic (exact) mass is 457 g/mol. The summed E-state index contributed by atoms with van der Waals surface area (Å²) in [6.45, 7) is -0.115. The predicted octanol–water partition coefficient (Wildman–Crippen LogP) is 2.94. The molecule has 2 N–H and O–H groups in total. The third-order valence-corrected chi connectivity index (χ3v) is 5.86. The molecule has 164 valence electrons. The summed E-state index contributed by atoms with van der Waals surface area (Å²) in [6.07, 6.45) is 5.13. The second-order valence-corrected chi connectivity index (χ2v) is 8.10. The van der Waals surface area contributed by atoms with Crippen LogP contribution < -0.4 is 10.6 Å². The molecule has 33 heavy (non-hydrogen) atoms. The van der Waals surface area contributed by atoms with Crippen LogP contribution in [0.2, 0.25) is 0 Å². The summed E-state index contributed by atoms with van der Waals surface area (Å²) in [5, 5.41) is 11.4. The first-order chi connectivity index (χ1) is 16.2. The zero-order valence-corrected chi connectivity index (χ0v) is 18.2. The van der Waals surface area contributed by atoms with Crippen LogP contribution >= 0.6 is 11.3 Å². The number of rotatable bonds is 7. The number of aromatic nitrogens is 5. The van der Waals surface area contributed by atoms with Crippen molar-refractivity contribution in [2.24, 2.45) is 0 Å². The molecule has 0 saturated carbocycles. The Labute approximate surface area is 192 Å². The Morgan fingerprint density at radius 3 is 2.58 bits per heavy atom. The number of anilines is 1. The van der Waals surface area contributed by atoms with Crippen molar-refractivity contribution in [1.82, 2.24) is 29.5 Å². The quantitative estimate of drug-likeness (QED) is 0.391. The molecule has 0 saturated heterocycles. The lowest BCUT2D eigenvalue weighted by Gasteiger charge is -2.08. The Morgan fingerprint density at radius 2 is 1.82 bits per heavy atom. The van der Waals surface area contributed by atoms with E-state index >= 15 is 0 Å². The molecule has 0 unspecified atom stereocenters. The van der Waals surface area contributed by atoms with E-state index in [1.807, 2.05) is 58.4 Å². The SMILES string of the molecule is O=C(Cc1csc2nc(-c3ccccc3)cn12)NCC(=O)Nc1ccc(-n2cncn2)cc1. The number of fused-ring (bicyclic) bond motifs is 1. The highest BCUT2D eigenvalue weighted by Gasteiger charge is 2.13. The number of benzene rings is 2. The van der Waals surface area contributed by atoms with Crippen LogP contribution in [0.5, 0.6) is 0 Å². The van der Waals surface area contributed by atoms with E-state index in [2.05, 4.69) is 25.7 Å². The van der Waals surface area contributed by atoms with E-state index < -0.39 is 0 Å². The van der Waals surface area contributed by atoms with E-state index in [-0.39, 0.29) is 24.8 Å². The molecule has 0 radical (unpaired) electrons. The minimum absolute atomic E-state index is 0.115. The van der Waals surface area contributed by atoms with Gasteiger partial charge < -0.3 is 10.6 Å². The van der Waals surface area contributed by atoms with Crippen molar-refractivity contribution in [1.29, 1.82) is 0 Å². The number of carbonyl (C=O) groups is 2. The highest BCUT2D eigenvalue weighted by molar-refractivity contribution is 7.15. The van der Waals surface area contributed by atoms with Crippen LogP contribution in [0.25, 0.3) is 21.9 Å². The van der Waals surface area contributed by atoms with Gasteiger partial charge in [0.15, 0.2) is 4.96 Å². The molecule has 2 amide bonds. The molecule has 0 spiro atoms. The summed E-state index contributed by atoms with van der Waals surface area (Å²) >= 11 is 1.48. The minimum atomic E-state index is -0.304. The van der Waals surface area contributed by atoms with Crippen LogP contribution in [0.1, 0.15) is 5.69 Å². The van der Waals surface area contributed by atoms with Crippen LogP contribution in [0.3, 0.4) is 0 Å². The Balaban J connectivity index is 1.16. The first-order valence-electron chi connectivity index (χ1n) is 10.2. The maximum atomic E-state index is 12.4. The number of hydrogen-bond donors (Lipinski definition) is 2. The van der Waals surface area contributed by atoms with Gasteiger partial charge in [-0.15, -0.1) is 11.3 Å². The third-order valence-electron chi connectivity index (χ3n) is 4.98. The number of nitrogens with zero attached hydrogens (tertiary/aromatic N) is 5. The van der Waals surface area contributed by atoms with Gasteiger partial charge in [0.25, 0.3) is 0 Å². The third kappa shape index (κ3) is 4.65. The number of hydrogen-bond acceptors (Lipinski definition) is 6. The number of carbonyl (C=O) groups excluding carboxylic acids is 2. The van der Waals surface area contributed by atoms with Gasteiger partial charge >= 0.3 is 0 Å². The molecule has 0 aliphatic heterocycles. The normalized spacial score (nSPS) is 10.9. The molecule has 9 nitrogen and oxygen atoms in total. The maximum Gasteiger partial charge on any atom is 0.243 e. The molecule has 0 fully saturated rings. The molecule has 5 aromatic rings. The van der Waals surface area contributed by atoms with Crippen molar-refractivity contribution in [3.05, 3.63) is 84.5 Å². The first-order valence-corrected chi connectivity index (χ1v) is 11.1. The molecular weight excluding hydrogens is 438 g/mol. The molecule has 10 heteroatoms. The Morgan fingerprint density at radius 1 is 1.00 bits per heavy atom. The summed E-state index contributed by atoms with van der Waals surface area (Å²) < 4.78 is 3.54. The van der Waals surface area contributed by atoms with Gasteiger partial charge in [0.1, 0.15) is 12.7 Å². The summed E-state index contributed by atoms with van der Waals surface area (Å²) in [4.78, 5) is 34.0. The van der Waals surface area contributed by atoms with Crippen molar-refractivity contribution in [3.8, 4) is 16.9 Å².